The summed E-state index contributed by atoms with van der Waals surface area (Å²) in [7, 11) is 0. The van der Waals surface area contributed by atoms with Crippen LogP contribution in [0.3, 0.4) is 0 Å². The van der Waals surface area contributed by atoms with E-state index in [1.807, 2.05) is 24.3 Å². The first-order valence-electron chi connectivity index (χ1n) is 13.2. The van der Waals surface area contributed by atoms with Crippen LogP contribution in [0.5, 0.6) is 0 Å². The summed E-state index contributed by atoms with van der Waals surface area (Å²) in [6.45, 7) is 8.72. The number of nitriles is 1. The molecule has 1 spiro atoms. The first kappa shape index (κ1) is 24.2. The van der Waals surface area contributed by atoms with Crippen molar-refractivity contribution in [2.45, 2.75) is 78.2 Å². The van der Waals surface area contributed by atoms with Crippen LogP contribution in [0.4, 0.5) is 11.4 Å². The maximum atomic E-state index is 9.37. The summed E-state index contributed by atoms with van der Waals surface area (Å²) in [5.41, 5.74) is 6.41. The van der Waals surface area contributed by atoms with Gasteiger partial charge >= 0.3 is 0 Å². The minimum absolute atomic E-state index is 0.0514. The van der Waals surface area contributed by atoms with Crippen LogP contribution in [0.1, 0.15) is 73.6 Å². The first-order valence-corrected chi connectivity index (χ1v) is 13.6. The third-order valence-corrected chi connectivity index (χ3v) is 8.83. The Morgan fingerprint density at radius 1 is 0.914 bits per heavy atom. The quantitative estimate of drug-likeness (QED) is 0.433. The molecule has 1 atom stereocenters. The standard InChI is InChI=1S/C30H36N4S/c1-21-18-22(2)26(23(3)19-21)32-28-27(33-16-8-5-9-17-33)30(14-6-4-7-15-30)29(35)34(28)25-12-10-24(20-31)11-13-25/h10-13,18-19,27H,4-9,14-17H2,1-3H3/t27-/m0/s1. The number of thiocarbonyl (C=S) groups is 1. The van der Waals surface area contributed by atoms with Crippen molar-refractivity contribution in [2.24, 2.45) is 10.4 Å². The van der Waals surface area contributed by atoms with Crippen LogP contribution in [0.2, 0.25) is 0 Å². The predicted molar refractivity (Wildman–Crippen MR) is 149 cm³/mol. The van der Waals surface area contributed by atoms with Crippen LogP contribution in [-0.4, -0.2) is 34.9 Å². The molecule has 2 heterocycles. The molecule has 0 N–H and O–H groups in total. The Morgan fingerprint density at radius 3 is 2.11 bits per heavy atom. The second-order valence-corrected chi connectivity index (χ2v) is 11.1. The highest BCUT2D eigenvalue weighted by molar-refractivity contribution is 7.80. The molecule has 35 heavy (non-hydrogen) atoms. The number of nitrogens with zero attached hydrogens (tertiary/aromatic N) is 4. The van der Waals surface area contributed by atoms with Crippen LogP contribution in [0.15, 0.2) is 41.4 Å². The van der Waals surface area contributed by atoms with E-state index in [1.165, 1.54) is 55.2 Å². The van der Waals surface area contributed by atoms with Gasteiger partial charge in [0.2, 0.25) is 0 Å². The number of amidine groups is 1. The zero-order chi connectivity index (χ0) is 24.6. The molecule has 2 saturated heterocycles. The van der Waals surface area contributed by atoms with Crippen LogP contribution in [0.25, 0.3) is 0 Å². The number of piperidine rings is 1. The average Bonchev–Trinajstić information content (AvgIpc) is 3.09. The van der Waals surface area contributed by atoms with Crippen LogP contribution in [-0.2, 0) is 0 Å². The Kier molecular flexibility index (Phi) is 6.79. The highest BCUT2D eigenvalue weighted by Gasteiger charge is 2.57. The summed E-state index contributed by atoms with van der Waals surface area (Å²) in [6.07, 6.45) is 9.79. The third-order valence-electron chi connectivity index (χ3n) is 8.24. The number of hydrogen-bond donors (Lipinski definition) is 0. The van der Waals surface area contributed by atoms with Crippen LogP contribution < -0.4 is 4.90 Å². The number of rotatable bonds is 3. The molecule has 0 amide bonds. The maximum absolute atomic E-state index is 9.37. The lowest BCUT2D eigenvalue weighted by molar-refractivity contribution is 0.113. The molecule has 2 aliphatic heterocycles. The lowest BCUT2D eigenvalue weighted by Gasteiger charge is -2.44. The van der Waals surface area contributed by atoms with Gasteiger partial charge in [-0.25, -0.2) is 4.99 Å². The van der Waals surface area contributed by atoms with E-state index in [9.17, 15) is 5.26 Å². The molecule has 4 nitrogen and oxygen atoms in total. The minimum Gasteiger partial charge on any atom is -0.293 e. The van der Waals surface area contributed by atoms with Crippen LogP contribution >= 0.6 is 12.2 Å². The lowest BCUT2D eigenvalue weighted by atomic mass is 9.69. The minimum atomic E-state index is -0.0514. The smallest absolute Gasteiger partial charge is 0.133 e. The van der Waals surface area contributed by atoms with Gasteiger partial charge in [0.05, 0.1) is 28.4 Å². The van der Waals surface area contributed by atoms with Gasteiger partial charge in [0.1, 0.15) is 5.84 Å². The van der Waals surface area contributed by atoms with E-state index in [1.54, 1.807) is 0 Å². The Hall–Kier alpha value is -2.55. The number of likely N-dealkylation sites (tertiary alicyclic amines) is 1. The molecule has 3 fully saturated rings. The molecule has 2 aromatic rings. The fourth-order valence-electron chi connectivity index (χ4n) is 6.68. The summed E-state index contributed by atoms with van der Waals surface area (Å²) >= 11 is 6.40. The molecule has 182 valence electrons. The van der Waals surface area contributed by atoms with Gasteiger partial charge in [0.15, 0.2) is 0 Å². The number of aryl methyl sites for hydroxylation is 3. The molecule has 0 unspecified atom stereocenters. The van der Waals surface area contributed by atoms with E-state index in [-0.39, 0.29) is 11.5 Å². The van der Waals surface area contributed by atoms with E-state index < -0.39 is 0 Å². The molecule has 0 radical (unpaired) electrons. The Labute approximate surface area is 215 Å². The van der Waals surface area contributed by atoms with E-state index in [0.29, 0.717) is 5.56 Å². The summed E-state index contributed by atoms with van der Waals surface area (Å²) in [6, 6.07) is 14.8. The molecular formula is C30H36N4S. The topological polar surface area (TPSA) is 42.6 Å². The van der Waals surface area contributed by atoms with Crippen molar-refractivity contribution in [3.63, 3.8) is 0 Å². The normalized spacial score (nSPS) is 23.7. The number of hydrogen-bond acceptors (Lipinski definition) is 4. The molecule has 5 rings (SSSR count). The largest absolute Gasteiger partial charge is 0.293 e. The summed E-state index contributed by atoms with van der Waals surface area (Å²) in [5.74, 6) is 1.08. The number of anilines is 1. The SMILES string of the molecule is Cc1cc(C)c(N=C2[C@H](N3CCCCC3)C3(CCCCC3)C(=S)N2c2ccc(C#N)cc2)c(C)c1. The third kappa shape index (κ3) is 4.32. The molecule has 3 aliphatic rings. The van der Waals surface area contributed by atoms with Gasteiger partial charge in [-0.05, 0) is 94.9 Å². The van der Waals surface area contributed by atoms with E-state index >= 15 is 0 Å². The molecule has 0 aromatic heterocycles. The molecule has 5 heteroatoms. The van der Waals surface area contributed by atoms with E-state index in [4.69, 9.17) is 17.2 Å². The fraction of sp³-hybridized carbons (Fsp3) is 0.500. The molecular weight excluding hydrogens is 448 g/mol. The van der Waals surface area contributed by atoms with E-state index in [2.05, 4.69) is 48.8 Å². The highest BCUT2D eigenvalue weighted by atomic mass is 32.1. The Balaban J connectivity index is 1.72. The predicted octanol–water partition coefficient (Wildman–Crippen LogP) is 7.17. The zero-order valence-corrected chi connectivity index (χ0v) is 22.1. The molecule has 2 aromatic carbocycles. The lowest BCUT2D eigenvalue weighted by Crippen LogP contribution is -2.52. The van der Waals surface area contributed by atoms with Gasteiger partial charge in [-0.15, -0.1) is 0 Å². The number of aliphatic imine (C=N–C) groups is 1. The second-order valence-electron chi connectivity index (χ2n) is 10.7. The van der Waals surface area contributed by atoms with E-state index in [0.717, 1.165) is 48.1 Å². The Bertz CT molecular complexity index is 1150. The zero-order valence-electron chi connectivity index (χ0n) is 21.3. The summed E-state index contributed by atoms with van der Waals surface area (Å²) < 4.78 is 0. The van der Waals surface area contributed by atoms with Crippen molar-refractivity contribution < 1.29 is 0 Å². The summed E-state index contributed by atoms with van der Waals surface area (Å²) in [4.78, 5) is 11.5. The van der Waals surface area contributed by atoms with Gasteiger partial charge < -0.3 is 0 Å². The van der Waals surface area contributed by atoms with Gasteiger partial charge in [-0.1, -0.05) is 55.6 Å². The molecule has 0 bridgehead atoms. The van der Waals surface area contributed by atoms with Crippen LogP contribution in [0, 0.1) is 37.5 Å². The van der Waals surface area contributed by atoms with Crippen molar-refractivity contribution in [3.8, 4) is 6.07 Å². The van der Waals surface area contributed by atoms with Crippen molar-refractivity contribution >= 4 is 34.4 Å². The van der Waals surface area contributed by atoms with Crippen molar-refractivity contribution in [3.05, 3.63) is 58.7 Å². The Morgan fingerprint density at radius 2 is 1.51 bits per heavy atom. The van der Waals surface area contributed by atoms with Gasteiger partial charge in [-0.3, -0.25) is 9.80 Å². The fourth-order valence-corrected chi connectivity index (χ4v) is 7.20. The summed E-state index contributed by atoms with van der Waals surface area (Å²) in [5, 5.41) is 9.37. The average molecular weight is 485 g/mol. The van der Waals surface area contributed by atoms with Crippen molar-refractivity contribution in [2.75, 3.05) is 18.0 Å². The van der Waals surface area contributed by atoms with Crippen molar-refractivity contribution in [1.82, 2.24) is 4.90 Å². The molecule has 1 saturated carbocycles. The van der Waals surface area contributed by atoms with Crippen molar-refractivity contribution in [1.29, 1.82) is 5.26 Å². The van der Waals surface area contributed by atoms with Gasteiger partial charge in [-0.2, -0.15) is 5.26 Å². The highest BCUT2D eigenvalue weighted by Crippen LogP contribution is 2.51. The molecule has 1 aliphatic carbocycles. The monoisotopic (exact) mass is 484 g/mol. The number of benzene rings is 2. The second kappa shape index (κ2) is 9.84. The van der Waals surface area contributed by atoms with Gasteiger partial charge in [0, 0.05) is 11.1 Å². The van der Waals surface area contributed by atoms with Gasteiger partial charge in [0.25, 0.3) is 0 Å². The first-order chi connectivity index (χ1) is 16.9. The maximum Gasteiger partial charge on any atom is 0.133 e.